The summed E-state index contributed by atoms with van der Waals surface area (Å²) in [5.41, 5.74) is 5.77. The minimum Gasteiger partial charge on any atom is -0.382 e. The van der Waals surface area contributed by atoms with Gasteiger partial charge < -0.3 is 11.1 Å². The summed E-state index contributed by atoms with van der Waals surface area (Å²) in [5.74, 6) is 0.0951. The van der Waals surface area contributed by atoms with Gasteiger partial charge in [-0.25, -0.2) is 0 Å². The molecule has 16 heavy (non-hydrogen) atoms. The Balaban J connectivity index is 1.93. The zero-order valence-corrected chi connectivity index (χ0v) is 10.6. The third-order valence-electron chi connectivity index (χ3n) is 1.89. The highest BCUT2D eigenvalue weighted by Gasteiger charge is 2.08. The van der Waals surface area contributed by atoms with Gasteiger partial charge in [-0.15, -0.1) is 11.3 Å². The molecule has 0 aliphatic heterocycles. The van der Waals surface area contributed by atoms with E-state index in [2.05, 4.69) is 31.4 Å². The zero-order chi connectivity index (χ0) is 11.5. The molecule has 2 aromatic rings. The van der Waals surface area contributed by atoms with Crippen molar-refractivity contribution in [1.29, 1.82) is 0 Å². The summed E-state index contributed by atoms with van der Waals surface area (Å²) in [6.45, 7) is 0.494. The Kier molecular flexibility index (Phi) is 3.25. The molecule has 5 nitrogen and oxygen atoms in total. The number of amides is 1. The molecule has 0 atom stereocenters. The third-order valence-corrected chi connectivity index (χ3v) is 3.52. The van der Waals surface area contributed by atoms with E-state index >= 15 is 0 Å². The number of aromatic nitrogens is 2. The van der Waals surface area contributed by atoms with E-state index in [1.54, 1.807) is 11.3 Å². The van der Waals surface area contributed by atoms with E-state index in [0.717, 1.165) is 8.66 Å². The highest BCUT2D eigenvalue weighted by Crippen LogP contribution is 2.21. The van der Waals surface area contributed by atoms with E-state index in [4.69, 9.17) is 5.73 Å². The van der Waals surface area contributed by atoms with E-state index in [1.165, 1.54) is 6.07 Å². The number of thiophene rings is 1. The van der Waals surface area contributed by atoms with Crippen LogP contribution in [0.15, 0.2) is 22.0 Å². The van der Waals surface area contributed by atoms with Gasteiger partial charge in [0.2, 0.25) is 0 Å². The molecule has 0 aliphatic rings. The van der Waals surface area contributed by atoms with Gasteiger partial charge in [-0.2, -0.15) is 5.10 Å². The van der Waals surface area contributed by atoms with Crippen LogP contribution in [0.25, 0.3) is 0 Å². The van der Waals surface area contributed by atoms with Crippen molar-refractivity contribution < 1.29 is 4.79 Å². The fourth-order valence-corrected chi connectivity index (χ4v) is 2.59. The number of nitrogens with zero attached hydrogens (tertiary/aromatic N) is 1. The Morgan fingerprint density at radius 2 is 2.44 bits per heavy atom. The van der Waals surface area contributed by atoms with E-state index in [-0.39, 0.29) is 5.91 Å². The maximum absolute atomic E-state index is 11.6. The van der Waals surface area contributed by atoms with Gasteiger partial charge >= 0.3 is 0 Å². The van der Waals surface area contributed by atoms with E-state index < -0.39 is 0 Å². The number of halogens is 1. The number of hydrogen-bond acceptors (Lipinski definition) is 4. The van der Waals surface area contributed by atoms with Crippen molar-refractivity contribution in [3.63, 3.8) is 0 Å². The number of carbonyl (C=O) groups excluding carboxylic acids is 1. The van der Waals surface area contributed by atoms with Gasteiger partial charge in [0.15, 0.2) is 0 Å². The van der Waals surface area contributed by atoms with Crippen LogP contribution < -0.4 is 11.1 Å². The minimum atomic E-state index is -0.214. The number of H-pyrrole nitrogens is 1. The van der Waals surface area contributed by atoms with Crippen LogP contribution in [0.5, 0.6) is 0 Å². The van der Waals surface area contributed by atoms with Crippen LogP contribution in [0, 0.1) is 0 Å². The number of rotatable bonds is 3. The summed E-state index contributed by atoms with van der Waals surface area (Å²) in [6, 6.07) is 5.40. The van der Waals surface area contributed by atoms with Crippen LogP contribution >= 0.6 is 27.3 Å². The molecular formula is C9H9BrN4OS. The zero-order valence-electron chi connectivity index (χ0n) is 8.16. The number of aromatic amines is 1. The molecule has 84 valence electrons. The molecule has 0 unspecified atom stereocenters. The molecule has 0 radical (unpaired) electrons. The predicted octanol–water partition coefficient (Wildman–Crippen LogP) is 1.75. The molecule has 1 amide bonds. The van der Waals surface area contributed by atoms with Crippen LogP contribution in [0.4, 0.5) is 5.82 Å². The van der Waals surface area contributed by atoms with E-state index in [9.17, 15) is 4.79 Å². The van der Waals surface area contributed by atoms with Crippen LogP contribution in [-0.2, 0) is 6.54 Å². The molecular weight excluding hydrogens is 292 g/mol. The molecule has 2 heterocycles. The Labute approximate surface area is 104 Å². The summed E-state index contributed by atoms with van der Waals surface area (Å²) < 4.78 is 1.04. The number of carbonyl (C=O) groups is 1. The molecule has 0 aromatic carbocycles. The smallest absolute Gasteiger partial charge is 0.269 e. The molecule has 0 bridgehead atoms. The normalized spacial score (nSPS) is 10.3. The lowest BCUT2D eigenvalue weighted by atomic mass is 10.4. The van der Waals surface area contributed by atoms with Crippen molar-refractivity contribution in [2.75, 3.05) is 5.73 Å². The van der Waals surface area contributed by atoms with Crippen molar-refractivity contribution >= 4 is 39.0 Å². The molecule has 0 fully saturated rings. The summed E-state index contributed by atoms with van der Waals surface area (Å²) in [7, 11) is 0. The van der Waals surface area contributed by atoms with Crippen molar-refractivity contribution in [2.24, 2.45) is 0 Å². The SMILES string of the molecule is Nc1cc(C(=O)NCc2ccc(Br)s2)[nH]n1. The topological polar surface area (TPSA) is 83.8 Å². The number of nitrogen functional groups attached to an aromatic ring is 1. The van der Waals surface area contributed by atoms with Crippen LogP contribution in [0.2, 0.25) is 0 Å². The lowest BCUT2D eigenvalue weighted by Gasteiger charge is -2.00. The molecule has 7 heteroatoms. The lowest BCUT2D eigenvalue weighted by Crippen LogP contribution is -2.22. The molecule has 0 saturated heterocycles. The second kappa shape index (κ2) is 4.67. The van der Waals surface area contributed by atoms with Crippen molar-refractivity contribution in [3.05, 3.63) is 32.6 Å². The first-order chi connectivity index (χ1) is 7.65. The lowest BCUT2D eigenvalue weighted by molar-refractivity contribution is 0.0946. The molecule has 2 rings (SSSR count). The predicted molar refractivity (Wildman–Crippen MR) is 66.2 cm³/mol. The summed E-state index contributed by atoms with van der Waals surface area (Å²) >= 11 is 4.94. The number of anilines is 1. The molecule has 4 N–H and O–H groups in total. The molecule has 2 aromatic heterocycles. The highest BCUT2D eigenvalue weighted by molar-refractivity contribution is 9.11. The van der Waals surface area contributed by atoms with Gasteiger partial charge in [-0.05, 0) is 28.1 Å². The van der Waals surface area contributed by atoms with Gasteiger partial charge in [-0.3, -0.25) is 9.89 Å². The first kappa shape index (κ1) is 11.2. The second-order valence-corrected chi connectivity index (χ2v) is 5.64. The van der Waals surface area contributed by atoms with Gasteiger partial charge in [0.05, 0.1) is 10.3 Å². The Morgan fingerprint density at radius 1 is 1.62 bits per heavy atom. The summed E-state index contributed by atoms with van der Waals surface area (Å²) in [4.78, 5) is 12.7. The number of hydrogen-bond donors (Lipinski definition) is 3. The molecule has 0 saturated carbocycles. The van der Waals surface area contributed by atoms with Gasteiger partial charge in [0, 0.05) is 10.9 Å². The summed E-state index contributed by atoms with van der Waals surface area (Å²) in [5, 5.41) is 9.00. The minimum absolute atomic E-state index is 0.214. The van der Waals surface area contributed by atoms with Crippen LogP contribution in [0.1, 0.15) is 15.4 Å². The van der Waals surface area contributed by atoms with Crippen molar-refractivity contribution in [1.82, 2.24) is 15.5 Å². The van der Waals surface area contributed by atoms with E-state index in [1.807, 2.05) is 12.1 Å². The molecule has 0 aliphatic carbocycles. The van der Waals surface area contributed by atoms with Gasteiger partial charge in [0.25, 0.3) is 5.91 Å². The number of nitrogens with two attached hydrogens (primary N) is 1. The van der Waals surface area contributed by atoms with Crippen molar-refractivity contribution in [3.8, 4) is 0 Å². The monoisotopic (exact) mass is 300 g/mol. The highest BCUT2D eigenvalue weighted by atomic mass is 79.9. The van der Waals surface area contributed by atoms with Gasteiger partial charge in [-0.1, -0.05) is 0 Å². The van der Waals surface area contributed by atoms with Gasteiger partial charge in [0.1, 0.15) is 11.5 Å². The summed E-state index contributed by atoms with van der Waals surface area (Å²) in [6.07, 6.45) is 0. The fourth-order valence-electron chi connectivity index (χ4n) is 1.16. The van der Waals surface area contributed by atoms with Crippen LogP contribution in [-0.4, -0.2) is 16.1 Å². The quantitative estimate of drug-likeness (QED) is 0.807. The maximum Gasteiger partial charge on any atom is 0.269 e. The Bertz CT molecular complexity index is 507. The maximum atomic E-state index is 11.6. The fraction of sp³-hybridized carbons (Fsp3) is 0.111. The first-order valence-corrected chi connectivity index (χ1v) is 6.09. The van der Waals surface area contributed by atoms with E-state index in [0.29, 0.717) is 18.1 Å². The average molecular weight is 301 g/mol. The van der Waals surface area contributed by atoms with Crippen molar-refractivity contribution in [2.45, 2.75) is 6.54 Å². The van der Waals surface area contributed by atoms with Crippen LogP contribution in [0.3, 0.4) is 0 Å². The average Bonchev–Trinajstić information content (AvgIpc) is 2.84. The Morgan fingerprint density at radius 3 is 3.00 bits per heavy atom. The standard InChI is InChI=1S/C9H9BrN4OS/c10-7-2-1-5(16-7)4-12-9(15)6-3-8(11)14-13-6/h1-3H,4H2,(H,12,15)(H3,11,13,14). The largest absolute Gasteiger partial charge is 0.382 e. The molecule has 0 spiro atoms. The number of nitrogens with one attached hydrogen (secondary N) is 2. The second-order valence-electron chi connectivity index (χ2n) is 3.09. The third kappa shape index (κ3) is 2.61. The Hall–Kier alpha value is -1.34. The first-order valence-electron chi connectivity index (χ1n) is 4.48.